The van der Waals surface area contributed by atoms with Crippen LogP contribution in [0.3, 0.4) is 0 Å². The van der Waals surface area contributed by atoms with Gasteiger partial charge in [0.1, 0.15) is 11.5 Å². The van der Waals surface area contributed by atoms with Crippen LogP contribution in [0.5, 0.6) is 11.5 Å². The van der Waals surface area contributed by atoms with Gasteiger partial charge in [-0.25, -0.2) is 0 Å². The second kappa shape index (κ2) is 7.88. The Balaban J connectivity index is 1.14. The predicted octanol–water partition coefficient (Wildman–Crippen LogP) is 3.52. The van der Waals surface area contributed by atoms with Gasteiger partial charge in [0.05, 0.1) is 34.6 Å². The molecule has 0 unspecified atom stereocenters. The van der Waals surface area contributed by atoms with Crippen molar-refractivity contribution in [2.24, 2.45) is 9.98 Å². The van der Waals surface area contributed by atoms with E-state index >= 15 is 0 Å². The molecule has 166 valence electrons. The van der Waals surface area contributed by atoms with E-state index in [9.17, 15) is 9.59 Å². The van der Waals surface area contributed by atoms with Crippen molar-refractivity contribution in [3.05, 3.63) is 59.7 Å². The number of benzene rings is 2. The molecule has 4 heterocycles. The highest BCUT2D eigenvalue weighted by Gasteiger charge is 2.32. The summed E-state index contributed by atoms with van der Waals surface area (Å²) in [6.45, 7) is 1.34. The average molecular weight is 442 g/mol. The van der Waals surface area contributed by atoms with Gasteiger partial charge in [0.15, 0.2) is 0 Å². The van der Waals surface area contributed by atoms with E-state index in [4.69, 9.17) is 9.47 Å². The molecule has 1 fully saturated rings. The van der Waals surface area contributed by atoms with Gasteiger partial charge in [-0.2, -0.15) is 0 Å². The van der Waals surface area contributed by atoms with E-state index in [1.165, 1.54) is 0 Å². The fourth-order valence-corrected chi connectivity index (χ4v) is 4.66. The van der Waals surface area contributed by atoms with Crippen LogP contribution < -0.4 is 9.47 Å². The average Bonchev–Trinajstić information content (AvgIpc) is 3.45. The molecular weight excluding hydrogens is 420 g/mol. The lowest BCUT2D eigenvalue weighted by molar-refractivity contribution is 0.0770. The SMILES string of the molecule is O=C1c2ccc(OCOc3ccc4c(c3)N=C[C@@H]3CCCN3C4=O)cc2N=C[C@@H]2C=CCN12. The first-order valence-electron chi connectivity index (χ1n) is 11.1. The fourth-order valence-electron chi connectivity index (χ4n) is 4.66. The first-order chi connectivity index (χ1) is 16.2. The maximum Gasteiger partial charge on any atom is 0.257 e. The van der Waals surface area contributed by atoms with Crippen molar-refractivity contribution in [2.75, 3.05) is 19.9 Å². The van der Waals surface area contributed by atoms with Crippen LogP contribution in [0.2, 0.25) is 0 Å². The molecule has 2 aromatic carbocycles. The summed E-state index contributed by atoms with van der Waals surface area (Å²) in [6, 6.07) is 10.5. The lowest BCUT2D eigenvalue weighted by Gasteiger charge is -2.20. The fraction of sp³-hybridized carbons (Fsp3) is 0.280. The summed E-state index contributed by atoms with van der Waals surface area (Å²) >= 11 is 0. The third-order valence-electron chi connectivity index (χ3n) is 6.42. The van der Waals surface area contributed by atoms with E-state index in [0.717, 1.165) is 19.4 Å². The molecule has 4 aliphatic heterocycles. The van der Waals surface area contributed by atoms with Gasteiger partial charge in [0.2, 0.25) is 6.79 Å². The number of carbonyl (C=O) groups is 2. The molecule has 1 saturated heterocycles. The first kappa shape index (κ1) is 19.7. The monoisotopic (exact) mass is 442 g/mol. The van der Waals surface area contributed by atoms with Gasteiger partial charge in [-0.15, -0.1) is 0 Å². The van der Waals surface area contributed by atoms with Crippen LogP contribution >= 0.6 is 0 Å². The molecular formula is C25H22N4O4. The Bertz CT molecular complexity index is 1230. The Morgan fingerprint density at radius 3 is 2.27 bits per heavy atom. The summed E-state index contributed by atoms with van der Waals surface area (Å²) in [5.74, 6) is 1.10. The second-order valence-electron chi connectivity index (χ2n) is 8.41. The van der Waals surface area contributed by atoms with Crippen molar-refractivity contribution < 1.29 is 19.1 Å². The Hall–Kier alpha value is -3.94. The standard InChI is InChI=1S/C25H22N4O4/c30-24-20-7-5-18(11-22(20)26-13-16-3-1-9-28(16)24)32-15-33-19-6-8-21-23(12-19)27-14-17-4-2-10-29(17)25(21)31/h1,3,5-8,11-14,16-17H,2,4,9-10,15H2/t16-,17-/m0/s1. The largest absolute Gasteiger partial charge is 0.457 e. The van der Waals surface area contributed by atoms with Crippen molar-refractivity contribution in [3.8, 4) is 11.5 Å². The Morgan fingerprint density at radius 2 is 1.55 bits per heavy atom. The van der Waals surface area contributed by atoms with E-state index in [-0.39, 0.29) is 30.7 Å². The highest BCUT2D eigenvalue weighted by Crippen LogP contribution is 2.32. The van der Waals surface area contributed by atoms with Gasteiger partial charge in [0, 0.05) is 37.7 Å². The third kappa shape index (κ3) is 3.47. The molecule has 2 aromatic rings. The number of amides is 2. The molecule has 0 spiro atoms. The molecule has 8 nitrogen and oxygen atoms in total. The Labute approximate surface area is 190 Å². The van der Waals surface area contributed by atoms with Crippen LogP contribution in [-0.4, -0.2) is 66.0 Å². The highest BCUT2D eigenvalue weighted by molar-refractivity contribution is 6.04. The quantitative estimate of drug-likeness (QED) is 0.536. The first-order valence-corrected chi connectivity index (χ1v) is 11.1. The number of aliphatic imine (C=N–C) groups is 2. The van der Waals surface area contributed by atoms with Crippen molar-refractivity contribution >= 4 is 35.6 Å². The van der Waals surface area contributed by atoms with Crippen LogP contribution in [0.15, 0.2) is 58.5 Å². The van der Waals surface area contributed by atoms with Crippen LogP contribution in [0, 0.1) is 0 Å². The van der Waals surface area contributed by atoms with Crippen LogP contribution in [0.25, 0.3) is 0 Å². The number of hydrogen-bond donors (Lipinski definition) is 0. The molecule has 2 atom stereocenters. The molecule has 0 aliphatic carbocycles. The van der Waals surface area contributed by atoms with Gasteiger partial charge in [-0.05, 0) is 37.1 Å². The van der Waals surface area contributed by atoms with Gasteiger partial charge < -0.3 is 19.3 Å². The minimum Gasteiger partial charge on any atom is -0.457 e. The molecule has 0 bridgehead atoms. The number of hydrogen-bond acceptors (Lipinski definition) is 6. The Morgan fingerprint density at radius 1 is 0.879 bits per heavy atom. The number of carbonyl (C=O) groups excluding carboxylic acids is 2. The zero-order valence-electron chi connectivity index (χ0n) is 17.9. The van der Waals surface area contributed by atoms with Crippen molar-refractivity contribution in [1.29, 1.82) is 0 Å². The third-order valence-corrected chi connectivity index (χ3v) is 6.42. The lowest BCUT2D eigenvalue weighted by Crippen LogP contribution is -2.35. The van der Waals surface area contributed by atoms with E-state index in [2.05, 4.69) is 9.98 Å². The van der Waals surface area contributed by atoms with E-state index in [1.54, 1.807) is 47.5 Å². The molecule has 0 saturated carbocycles. The number of nitrogens with zero attached hydrogens (tertiary/aromatic N) is 4. The summed E-state index contributed by atoms with van der Waals surface area (Å²) in [5, 5.41) is 0. The summed E-state index contributed by atoms with van der Waals surface area (Å²) in [7, 11) is 0. The van der Waals surface area contributed by atoms with E-state index in [0.29, 0.717) is 40.5 Å². The van der Waals surface area contributed by atoms with Crippen LogP contribution in [-0.2, 0) is 0 Å². The van der Waals surface area contributed by atoms with Gasteiger partial charge in [0.25, 0.3) is 11.8 Å². The highest BCUT2D eigenvalue weighted by atomic mass is 16.7. The number of ether oxygens (including phenoxy) is 2. The normalized spacial score (nSPS) is 22.4. The zero-order valence-corrected chi connectivity index (χ0v) is 17.9. The molecule has 0 radical (unpaired) electrons. The summed E-state index contributed by atoms with van der Waals surface area (Å²) < 4.78 is 11.5. The molecule has 0 N–H and O–H groups in total. The Kier molecular flexibility index (Phi) is 4.71. The summed E-state index contributed by atoms with van der Waals surface area (Å²) in [5.41, 5.74) is 2.34. The van der Waals surface area contributed by atoms with Gasteiger partial charge in [-0.3, -0.25) is 19.6 Å². The zero-order chi connectivity index (χ0) is 22.4. The minimum absolute atomic E-state index is 0.0174. The smallest absolute Gasteiger partial charge is 0.257 e. The van der Waals surface area contributed by atoms with Crippen molar-refractivity contribution in [1.82, 2.24) is 9.80 Å². The summed E-state index contributed by atoms with van der Waals surface area (Å²) in [4.78, 5) is 38.2. The topological polar surface area (TPSA) is 83.8 Å². The van der Waals surface area contributed by atoms with Gasteiger partial charge >= 0.3 is 0 Å². The van der Waals surface area contributed by atoms with E-state index in [1.807, 2.05) is 23.3 Å². The minimum atomic E-state index is -0.100. The second-order valence-corrected chi connectivity index (χ2v) is 8.41. The molecule has 0 aromatic heterocycles. The predicted molar refractivity (Wildman–Crippen MR) is 123 cm³/mol. The molecule has 6 rings (SSSR count). The van der Waals surface area contributed by atoms with Gasteiger partial charge in [-0.1, -0.05) is 12.2 Å². The molecule has 4 aliphatic rings. The number of fused-ring (bicyclic) bond motifs is 4. The van der Waals surface area contributed by atoms with Crippen LogP contribution in [0.1, 0.15) is 33.6 Å². The molecule has 33 heavy (non-hydrogen) atoms. The van der Waals surface area contributed by atoms with Crippen molar-refractivity contribution in [2.45, 2.75) is 24.9 Å². The van der Waals surface area contributed by atoms with Crippen LogP contribution in [0.4, 0.5) is 11.4 Å². The van der Waals surface area contributed by atoms with E-state index < -0.39 is 0 Å². The number of rotatable bonds is 4. The maximum absolute atomic E-state index is 12.8. The lowest BCUT2D eigenvalue weighted by atomic mass is 10.1. The maximum atomic E-state index is 12.8. The van der Waals surface area contributed by atoms with Crippen molar-refractivity contribution in [3.63, 3.8) is 0 Å². The molecule has 8 heteroatoms. The molecule has 2 amide bonds. The summed E-state index contributed by atoms with van der Waals surface area (Å²) in [6.07, 6.45) is 9.53.